The monoisotopic (exact) mass is 328 g/mol. The normalized spacial score (nSPS) is 23.8. The van der Waals surface area contributed by atoms with E-state index >= 15 is 0 Å². The van der Waals surface area contributed by atoms with Gasteiger partial charge in [-0.1, -0.05) is 0 Å². The van der Waals surface area contributed by atoms with Crippen LogP contribution in [0.3, 0.4) is 0 Å². The number of hydrogen-bond donors (Lipinski definition) is 1. The predicted octanol–water partition coefficient (Wildman–Crippen LogP) is 0.792. The number of likely N-dealkylation sites (tertiary alicyclic amines) is 1. The van der Waals surface area contributed by atoms with E-state index < -0.39 is 0 Å². The summed E-state index contributed by atoms with van der Waals surface area (Å²) in [6.07, 6.45) is 10.5. The average Bonchev–Trinajstić information content (AvgIpc) is 3.22. The van der Waals surface area contributed by atoms with E-state index in [4.69, 9.17) is 0 Å². The Morgan fingerprint density at radius 3 is 2.50 bits per heavy atom. The molecule has 0 unspecified atom stereocenters. The van der Waals surface area contributed by atoms with Crippen molar-refractivity contribution in [3.05, 3.63) is 35.9 Å². The minimum absolute atomic E-state index is 0.106. The van der Waals surface area contributed by atoms with Gasteiger partial charge in [-0.3, -0.25) is 19.1 Å². The molecule has 24 heavy (non-hydrogen) atoms. The van der Waals surface area contributed by atoms with Gasteiger partial charge in [-0.15, -0.1) is 0 Å². The lowest BCUT2D eigenvalue weighted by Gasteiger charge is -2.42. The zero-order valence-electron chi connectivity index (χ0n) is 14.3. The molecule has 2 aliphatic rings. The van der Waals surface area contributed by atoms with Crippen molar-refractivity contribution in [3.8, 4) is 0 Å². The molecule has 1 amide bonds. The van der Waals surface area contributed by atoms with Gasteiger partial charge in [0, 0.05) is 69.6 Å². The number of amides is 1. The Hall–Kier alpha value is -2.15. The molecule has 4 heterocycles. The number of carbonyl (C=O) groups excluding carboxylic acids is 1. The van der Waals surface area contributed by atoms with Gasteiger partial charge < -0.3 is 5.32 Å². The summed E-state index contributed by atoms with van der Waals surface area (Å²) in [6, 6.07) is 0. The fourth-order valence-electron chi connectivity index (χ4n) is 4.25. The van der Waals surface area contributed by atoms with Gasteiger partial charge in [-0.05, 0) is 18.4 Å². The third kappa shape index (κ3) is 2.73. The highest BCUT2D eigenvalue weighted by Crippen LogP contribution is 2.43. The van der Waals surface area contributed by atoms with Gasteiger partial charge in [0.05, 0.1) is 12.4 Å². The lowest BCUT2D eigenvalue weighted by molar-refractivity contribution is -0.120. The molecule has 1 N–H and O–H groups in total. The summed E-state index contributed by atoms with van der Waals surface area (Å²) in [5, 5.41) is 11.8. The van der Waals surface area contributed by atoms with E-state index in [0.717, 1.165) is 32.5 Å². The van der Waals surface area contributed by atoms with E-state index in [-0.39, 0.29) is 17.4 Å². The Balaban J connectivity index is 1.47. The second kappa shape index (κ2) is 5.73. The van der Waals surface area contributed by atoms with Gasteiger partial charge in [0.15, 0.2) is 0 Å². The summed E-state index contributed by atoms with van der Waals surface area (Å²) in [6.45, 7) is 2.91. The van der Waals surface area contributed by atoms with Crippen LogP contribution in [0.15, 0.2) is 24.8 Å². The summed E-state index contributed by atoms with van der Waals surface area (Å²) >= 11 is 0. The smallest absolute Gasteiger partial charge is 0.221 e. The minimum Gasteiger partial charge on any atom is -0.350 e. The number of carbonyl (C=O) groups is 1. The second-order valence-electron chi connectivity index (χ2n) is 7.21. The Morgan fingerprint density at radius 1 is 1.17 bits per heavy atom. The molecular formula is C17H24N6O. The Morgan fingerprint density at radius 2 is 1.88 bits per heavy atom. The number of hydrogen-bond acceptors (Lipinski definition) is 4. The first kappa shape index (κ1) is 15.4. The van der Waals surface area contributed by atoms with Gasteiger partial charge >= 0.3 is 0 Å². The first-order valence-electron chi connectivity index (χ1n) is 8.53. The maximum Gasteiger partial charge on any atom is 0.221 e. The number of nitrogens with zero attached hydrogens (tertiary/aromatic N) is 5. The van der Waals surface area contributed by atoms with Crippen molar-refractivity contribution in [1.29, 1.82) is 0 Å². The van der Waals surface area contributed by atoms with Crippen molar-refractivity contribution in [1.82, 2.24) is 29.8 Å². The van der Waals surface area contributed by atoms with Crippen LogP contribution in [0.4, 0.5) is 0 Å². The highest BCUT2D eigenvalue weighted by Gasteiger charge is 2.48. The largest absolute Gasteiger partial charge is 0.350 e. The molecular weight excluding hydrogens is 304 g/mol. The average molecular weight is 328 g/mol. The van der Waals surface area contributed by atoms with E-state index in [1.165, 1.54) is 11.1 Å². The van der Waals surface area contributed by atoms with E-state index in [2.05, 4.69) is 32.8 Å². The first-order valence-corrected chi connectivity index (χ1v) is 8.53. The van der Waals surface area contributed by atoms with Gasteiger partial charge in [0.2, 0.25) is 5.91 Å². The van der Waals surface area contributed by atoms with Crippen LogP contribution < -0.4 is 5.32 Å². The molecule has 2 aliphatic heterocycles. The van der Waals surface area contributed by atoms with E-state index in [1.54, 1.807) is 0 Å². The van der Waals surface area contributed by atoms with E-state index in [9.17, 15) is 4.79 Å². The van der Waals surface area contributed by atoms with Crippen molar-refractivity contribution >= 4 is 5.91 Å². The Kier molecular flexibility index (Phi) is 3.68. The maximum atomic E-state index is 12.1. The molecule has 0 bridgehead atoms. The number of piperidine rings is 1. The molecule has 2 aromatic heterocycles. The van der Waals surface area contributed by atoms with Gasteiger partial charge in [-0.2, -0.15) is 10.2 Å². The van der Waals surface area contributed by atoms with Crippen molar-refractivity contribution in [2.24, 2.45) is 14.1 Å². The molecule has 1 spiro atoms. The Bertz CT molecular complexity index is 740. The molecule has 7 heteroatoms. The van der Waals surface area contributed by atoms with Crippen LogP contribution >= 0.6 is 0 Å². The minimum atomic E-state index is -0.106. The van der Waals surface area contributed by atoms with Gasteiger partial charge in [-0.25, -0.2) is 0 Å². The Labute approximate surface area is 141 Å². The fraction of sp³-hybridized carbons (Fsp3) is 0.588. The zero-order chi connectivity index (χ0) is 16.7. The van der Waals surface area contributed by atoms with Crippen molar-refractivity contribution in [2.45, 2.75) is 37.3 Å². The van der Waals surface area contributed by atoms with Crippen LogP contribution in [0.2, 0.25) is 0 Å². The van der Waals surface area contributed by atoms with E-state index in [0.29, 0.717) is 6.42 Å². The van der Waals surface area contributed by atoms with Crippen molar-refractivity contribution in [2.75, 3.05) is 13.1 Å². The summed E-state index contributed by atoms with van der Waals surface area (Å²) in [5.74, 6) is 0.406. The summed E-state index contributed by atoms with van der Waals surface area (Å²) < 4.78 is 3.67. The molecule has 128 valence electrons. The maximum absolute atomic E-state index is 12.1. The molecule has 7 nitrogen and oxygen atoms in total. The zero-order valence-corrected chi connectivity index (χ0v) is 14.3. The van der Waals surface area contributed by atoms with Gasteiger partial charge in [0.1, 0.15) is 0 Å². The number of aromatic nitrogens is 4. The second-order valence-corrected chi connectivity index (χ2v) is 7.21. The quantitative estimate of drug-likeness (QED) is 0.905. The topological polar surface area (TPSA) is 68.0 Å². The first-order chi connectivity index (χ1) is 11.5. The SMILES string of the molecule is Cn1cc(CN2CCC3(CC2)NC(=O)C[C@@H]3c2cnn(C)c2)cn1. The number of aryl methyl sites for hydroxylation is 2. The molecule has 0 saturated carbocycles. The van der Waals surface area contributed by atoms with Crippen LogP contribution in [0.1, 0.15) is 36.3 Å². The van der Waals surface area contributed by atoms with Crippen molar-refractivity contribution in [3.63, 3.8) is 0 Å². The molecule has 4 rings (SSSR count). The molecule has 2 aromatic rings. The third-order valence-corrected chi connectivity index (χ3v) is 5.48. The van der Waals surface area contributed by atoms with Crippen LogP contribution in [0, 0.1) is 0 Å². The molecule has 0 aromatic carbocycles. The highest BCUT2D eigenvalue weighted by molar-refractivity contribution is 5.81. The molecule has 0 aliphatic carbocycles. The lowest BCUT2D eigenvalue weighted by atomic mass is 9.75. The molecule has 2 fully saturated rings. The lowest BCUT2D eigenvalue weighted by Crippen LogP contribution is -2.53. The van der Waals surface area contributed by atoms with Gasteiger partial charge in [0.25, 0.3) is 0 Å². The molecule has 0 radical (unpaired) electrons. The number of nitrogens with one attached hydrogen (secondary N) is 1. The van der Waals surface area contributed by atoms with E-state index in [1.807, 2.05) is 35.9 Å². The standard InChI is InChI=1S/C17H24N6O/c1-21-10-13(8-18-21)11-23-5-3-17(4-6-23)15(7-16(24)20-17)14-9-19-22(2)12-14/h8-10,12,15H,3-7,11H2,1-2H3,(H,20,24)/t15-/m1/s1. The molecule has 2 saturated heterocycles. The number of rotatable bonds is 3. The third-order valence-electron chi connectivity index (χ3n) is 5.48. The van der Waals surface area contributed by atoms with Crippen LogP contribution in [-0.2, 0) is 25.4 Å². The summed E-state index contributed by atoms with van der Waals surface area (Å²) in [7, 11) is 3.87. The highest BCUT2D eigenvalue weighted by atomic mass is 16.2. The summed E-state index contributed by atoms with van der Waals surface area (Å²) in [5.41, 5.74) is 2.32. The van der Waals surface area contributed by atoms with Crippen LogP contribution in [0.5, 0.6) is 0 Å². The summed E-state index contributed by atoms with van der Waals surface area (Å²) in [4.78, 5) is 14.6. The van der Waals surface area contributed by atoms with Crippen molar-refractivity contribution < 1.29 is 4.79 Å². The van der Waals surface area contributed by atoms with Crippen LogP contribution in [0.25, 0.3) is 0 Å². The fourth-order valence-corrected chi connectivity index (χ4v) is 4.25. The predicted molar refractivity (Wildman–Crippen MR) is 89.2 cm³/mol. The molecule has 1 atom stereocenters. The van der Waals surface area contributed by atoms with Crippen LogP contribution in [-0.4, -0.2) is 49.0 Å².